The summed E-state index contributed by atoms with van der Waals surface area (Å²) in [6.45, 7) is 8.08. The molecule has 0 aliphatic carbocycles. The largest absolute Gasteiger partial charge is 0.507 e. The Morgan fingerprint density at radius 3 is 2.37 bits per heavy atom. The van der Waals surface area contributed by atoms with Crippen LogP contribution in [0.4, 0.5) is 0 Å². The first-order chi connectivity index (χ1) is 18.2. The summed E-state index contributed by atoms with van der Waals surface area (Å²) in [6, 6.07) is 9.88. The number of hydrogen-bond acceptors (Lipinski definition) is 7. The predicted octanol–water partition coefficient (Wildman–Crippen LogP) is 4.95. The quantitative estimate of drug-likeness (QED) is 0.172. The van der Waals surface area contributed by atoms with E-state index in [9.17, 15) is 14.7 Å². The summed E-state index contributed by atoms with van der Waals surface area (Å²) in [7, 11) is 5.46. The number of aliphatic hydroxyl groups is 1. The molecule has 1 saturated heterocycles. The highest BCUT2D eigenvalue weighted by Crippen LogP contribution is 2.42. The number of unbranched alkanes of at least 4 members (excludes halogenated alkanes) is 1. The van der Waals surface area contributed by atoms with Gasteiger partial charge in [0.25, 0.3) is 11.7 Å². The van der Waals surface area contributed by atoms with Crippen molar-refractivity contribution in [2.45, 2.75) is 46.1 Å². The van der Waals surface area contributed by atoms with Crippen LogP contribution in [0.3, 0.4) is 0 Å². The van der Waals surface area contributed by atoms with Crippen molar-refractivity contribution in [1.82, 2.24) is 9.80 Å². The molecule has 0 saturated carbocycles. The SMILES string of the molecule is CCCCOc1ccc(C(O)=C2C(=O)C(=O)N(CCCN(C)C)[C@H]2c2ccc(OCC)c(OC)c2)cc1C. The number of ketones is 1. The van der Waals surface area contributed by atoms with Gasteiger partial charge in [-0.3, -0.25) is 9.59 Å². The van der Waals surface area contributed by atoms with Gasteiger partial charge in [0, 0.05) is 12.1 Å². The zero-order chi connectivity index (χ0) is 27.8. The van der Waals surface area contributed by atoms with Gasteiger partial charge in [0.15, 0.2) is 11.5 Å². The topological polar surface area (TPSA) is 88.5 Å². The first-order valence-electron chi connectivity index (χ1n) is 13.2. The highest BCUT2D eigenvalue weighted by molar-refractivity contribution is 6.46. The molecule has 1 N–H and O–H groups in total. The normalized spacial score (nSPS) is 16.8. The Kier molecular flexibility index (Phi) is 10.2. The molecule has 0 radical (unpaired) electrons. The fourth-order valence-electron chi connectivity index (χ4n) is 4.58. The molecule has 1 aliphatic heterocycles. The number of methoxy groups -OCH3 is 1. The average molecular weight is 525 g/mol. The number of aliphatic hydroxyl groups excluding tert-OH is 1. The minimum atomic E-state index is -0.762. The van der Waals surface area contributed by atoms with Crippen molar-refractivity contribution in [3.05, 3.63) is 58.7 Å². The van der Waals surface area contributed by atoms with Crippen LogP contribution in [0.15, 0.2) is 42.0 Å². The Hall–Kier alpha value is -3.52. The molecule has 1 aliphatic rings. The molecule has 0 spiro atoms. The van der Waals surface area contributed by atoms with Crippen LogP contribution in [-0.4, -0.2) is 74.1 Å². The molecule has 8 nitrogen and oxygen atoms in total. The van der Waals surface area contributed by atoms with Gasteiger partial charge >= 0.3 is 0 Å². The van der Waals surface area contributed by atoms with Gasteiger partial charge in [0.1, 0.15) is 11.5 Å². The summed E-state index contributed by atoms with van der Waals surface area (Å²) in [5, 5.41) is 11.4. The monoisotopic (exact) mass is 524 g/mol. The number of ether oxygens (including phenoxy) is 3. The van der Waals surface area contributed by atoms with Gasteiger partial charge in [-0.2, -0.15) is 0 Å². The van der Waals surface area contributed by atoms with E-state index < -0.39 is 17.7 Å². The van der Waals surface area contributed by atoms with Crippen LogP contribution in [0.5, 0.6) is 17.2 Å². The van der Waals surface area contributed by atoms with E-state index in [4.69, 9.17) is 14.2 Å². The number of carbonyl (C=O) groups excluding carboxylic acids is 2. The lowest BCUT2D eigenvalue weighted by atomic mass is 9.94. The third kappa shape index (κ3) is 6.48. The summed E-state index contributed by atoms with van der Waals surface area (Å²) >= 11 is 0. The molecular formula is C30H40N2O6. The standard InChI is InChI=1S/C30H40N2O6/c1-7-9-17-38-23-13-12-22(18-20(23)3)28(33)26-27(21-11-14-24(37-8-2)25(19-21)36-6)32(30(35)29(26)34)16-10-15-31(4)5/h11-14,18-19,27,33H,7-10,15-17H2,1-6H3/t27-/m0/s1. The van der Waals surface area contributed by atoms with Gasteiger partial charge in [-0.15, -0.1) is 0 Å². The lowest BCUT2D eigenvalue weighted by Crippen LogP contribution is -2.32. The summed E-state index contributed by atoms with van der Waals surface area (Å²) in [5.74, 6) is 0.252. The number of aryl methyl sites for hydroxylation is 1. The van der Waals surface area contributed by atoms with Gasteiger partial charge in [-0.25, -0.2) is 0 Å². The first-order valence-corrected chi connectivity index (χ1v) is 13.2. The van der Waals surface area contributed by atoms with Crippen LogP contribution in [0.1, 0.15) is 55.8 Å². The predicted molar refractivity (Wildman–Crippen MR) is 148 cm³/mol. The van der Waals surface area contributed by atoms with Crippen LogP contribution in [0.25, 0.3) is 5.76 Å². The third-order valence-corrected chi connectivity index (χ3v) is 6.55. The van der Waals surface area contributed by atoms with E-state index in [2.05, 4.69) is 6.92 Å². The van der Waals surface area contributed by atoms with Crippen LogP contribution in [-0.2, 0) is 9.59 Å². The number of amides is 1. The van der Waals surface area contributed by atoms with Crippen molar-refractivity contribution in [1.29, 1.82) is 0 Å². The number of benzene rings is 2. The summed E-state index contributed by atoms with van der Waals surface area (Å²) in [6.07, 6.45) is 2.65. The van der Waals surface area contributed by atoms with Crippen LogP contribution >= 0.6 is 0 Å². The number of carbonyl (C=O) groups is 2. The number of rotatable bonds is 13. The number of nitrogens with zero attached hydrogens (tertiary/aromatic N) is 2. The molecule has 0 bridgehead atoms. The first kappa shape index (κ1) is 29.0. The molecule has 2 aromatic rings. The van der Waals surface area contributed by atoms with E-state index in [0.29, 0.717) is 48.8 Å². The Morgan fingerprint density at radius 1 is 1.00 bits per heavy atom. The number of hydrogen-bond donors (Lipinski definition) is 1. The lowest BCUT2D eigenvalue weighted by molar-refractivity contribution is -0.139. The van der Waals surface area contributed by atoms with Gasteiger partial charge < -0.3 is 29.1 Å². The maximum absolute atomic E-state index is 13.4. The average Bonchev–Trinajstić information content (AvgIpc) is 3.14. The molecule has 3 rings (SSSR count). The molecule has 2 aromatic carbocycles. The second kappa shape index (κ2) is 13.3. The molecule has 38 heavy (non-hydrogen) atoms. The highest BCUT2D eigenvalue weighted by Gasteiger charge is 2.46. The van der Waals surface area contributed by atoms with Crippen LogP contribution < -0.4 is 14.2 Å². The number of likely N-dealkylation sites (tertiary alicyclic amines) is 1. The molecule has 0 aromatic heterocycles. The fourth-order valence-corrected chi connectivity index (χ4v) is 4.58. The Morgan fingerprint density at radius 2 is 1.74 bits per heavy atom. The smallest absolute Gasteiger partial charge is 0.295 e. The summed E-state index contributed by atoms with van der Waals surface area (Å²) in [4.78, 5) is 30.2. The van der Waals surface area contributed by atoms with Crippen molar-refractivity contribution in [2.24, 2.45) is 0 Å². The van der Waals surface area contributed by atoms with E-state index >= 15 is 0 Å². The van der Waals surface area contributed by atoms with E-state index in [-0.39, 0.29) is 11.3 Å². The van der Waals surface area contributed by atoms with Crippen molar-refractivity contribution >= 4 is 17.4 Å². The van der Waals surface area contributed by atoms with Gasteiger partial charge in [-0.05, 0) is 88.8 Å². The molecule has 1 atom stereocenters. The Labute approximate surface area is 225 Å². The lowest BCUT2D eigenvalue weighted by Gasteiger charge is -2.26. The van der Waals surface area contributed by atoms with Crippen molar-refractivity contribution in [2.75, 3.05) is 47.5 Å². The van der Waals surface area contributed by atoms with E-state index in [1.165, 1.54) is 0 Å². The van der Waals surface area contributed by atoms with Crippen molar-refractivity contribution in [3.63, 3.8) is 0 Å². The Bertz CT molecular complexity index is 1170. The third-order valence-electron chi connectivity index (χ3n) is 6.55. The van der Waals surface area contributed by atoms with E-state index in [1.54, 1.807) is 42.3 Å². The fraction of sp³-hybridized carbons (Fsp3) is 0.467. The highest BCUT2D eigenvalue weighted by atomic mass is 16.5. The molecule has 0 unspecified atom stereocenters. The molecule has 206 valence electrons. The molecule has 1 fully saturated rings. The minimum absolute atomic E-state index is 0.0603. The van der Waals surface area contributed by atoms with Gasteiger partial charge in [0.2, 0.25) is 0 Å². The second-order valence-corrected chi connectivity index (χ2v) is 9.67. The second-order valence-electron chi connectivity index (χ2n) is 9.67. The molecule has 1 heterocycles. The summed E-state index contributed by atoms with van der Waals surface area (Å²) < 4.78 is 17.0. The maximum atomic E-state index is 13.4. The van der Waals surface area contributed by atoms with E-state index in [0.717, 1.165) is 30.7 Å². The molecule has 8 heteroatoms. The summed E-state index contributed by atoms with van der Waals surface area (Å²) in [5.41, 5.74) is 2.02. The Balaban J connectivity index is 2.09. The van der Waals surface area contributed by atoms with Crippen LogP contribution in [0.2, 0.25) is 0 Å². The van der Waals surface area contributed by atoms with Crippen LogP contribution in [0, 0.1) is 6.92 Å². The zero-order valence-electron chi connectivity index (χ0n) is 23.4. The van der Waals surface area contributed by atoms with Crippen molar-refractivity contribution in [3.8, 4) is 17.2 Å². The maximum Gasteiger partial charge on any atom is 0.295 e. The zero-order valence-corrected chi connectivity index (χ0v) is 23.4. The minimum Gasteiger partial charge on any atom is -0.507 e. The molecule has 1 amide bonds. The molecular weight excluding hydrogens is 484 g/mol. The van der Waals surface area contributed by atoms with Crippen molar-refractivity contribution < 1.29 is 28.9 Å². The number of Topliss-reactive ketones (excluding diaryl/α,β-unsaturated/α-hetero) is 1. The van der Waals surface area contributed by atoms with E-state index in [1.807, 2.05) is 38.9 Å². The van der Waals surface area contributed by atoms with Gasteiger partial charge in [-0.1, -0.05) is 19.4 Å². The van der Waals surface area contributed by atoms with Gasteiger partial charge in [0.05, 0.1) is 31.9 Å².